The van der Waals surface area contributed by atoms with E-state index in [4.69, 9.17) is 0 Å². The third kappa shape index (κ3) is 3.52. The van der Waals surface area contributed by atoms with Crippen molar-refractivity contribution in [3.8, 4) is 0 Å². The minimum Gasteiger partial charge on any atom is -0.303 e. The molecule has 0 aliphatic heterocycles. The second-order valence-electron chi connectivity index (χ2n) is 7.13. The Balaban J connectivity index is 1.51. The number of carbonyl (C=O) groups is 1. The molecule has 1 heterocycles. The standard InChI is InChI=1S/C20H25N3OS/c1-3-13-5-6-14(4-2)17(11-13)18(24)12-25-20-22-21-19(15-7-8-15)23(20)16-9-10-16/h5-6,11,15-16H,3-4,7-10,12H2,1-2H3. The van der Waals surface area contributed by atoms with Gasteiger partial charge in [0.05, 0.1) is 5.75 Å². The Morgan fingerprint density at radius 1 is 1.16 bits per heavy atom. The molecule has 4 nitrogen and oxygen atoms in total. The Labute approximate surface area is 153 Å². The molecule has 2 aliphatic carbocycles. The first-order valence-corrected chi connectivity index (χ1v) is 10.4. The smallest absolute Gasteiger partial charge is 0.191 e. The van der Waals surface area contributed by atoms with E-state index in [1.54, 1.807) is 11.8 Å². The van der Waals surface area contributed by atoms with Crippen molar-refractivity contribution in [3.05, 3.63) is 40.7 Å². The second kappa shape index (κ2) is 6.94. The zero-order valence-corrected chi connectivity index (χ0v) is 15.8. The topological polar surface area (TPSA) is 47.8 Å². The molecule has 2 fully saturated rings. The maximum Gasteiger partial charge on any atom is 0.191 e. The number of Topliss-reactive ketones (excluding diaryl/α,β-unsaturated/α-hetero) is 1. The zero-order valence-electron chi connectivity index (χ0n) is 15.0. The van der Waals surface area contributed by atoms with Crippen LogP contribution in [0.1, 0.15) is 78.8 Å². The molecule has 0 atom stereocenters. The van der Waals surface area contributed by atoms with Gasteiger partial charge in [-0.05, 0) is 55.7 Å². The number of nitrogens with zero attached hydrogens (tertiary/aromatic N) is 3. The van der Waals surface area contributed by atoms with Crippen molar-refractivity contribution in [1.82, 2.24) is 14.8 Å². The summed E-state index contributed by atoms with van der Waals surface area (Å²) >= 11 is 1.56. The molecule has 2 saturated carbocycles. The molecule has 132 valence electrons. The number of carbonyl (C=O) groups excluding carboxylic acids is 1. The van der Waals surface area contributed by atoms with Crippen molar-refractivity contribution in [1.29, 1.82) is 0 Å². The number of benzene rings is 1. The highest BCUT2D eigenvalue weighted by Crippen LogP contribution is 2.46. The molecule has 0 bridgehead atoms. The predicted octanol–water partition coefficient (Wildman–Crippen LogP) is 4.59. The molecular weight excluding hydrogens is 330 g/mol. The van der Waals surface area contributed by atoms with Crippen LogP contribution in [0.25, 0.3) is 0 Å². The molecule has 2 aromatic rings. The molecule has 2 aliphatic rings. The molecule has 1 aromatic heterocycles. The van der Waals surface area contributed by atoms with E-state index in [-0.39, 0.29) is 5.78 Å². The summed E-state index contributed by atoms with van der Waals surface area (Å²) < 4.78 is 2.32. The number of ketones is 1. The van der Waals surface area contributed by atoms with E-state index in [1.165, 1.54) is 31.2 Å². The average Bonchev–Trinajstić information content (AvgIpc) is 3.57. The molecule has 4 rings (SSSR count). The van der Waals surface area contributed by atoms with Gasteiger partial charge in [-0.25, -0.2) is 0 Å². The first-order valence-electron chi connectivity index (χ1n) is 9.43. The van der Waals surface area contributed by atoms with Crippen LogP contribution in [0, 0.1) is 0 Å². The molecule has 0 spiro atoms. The molecule has 0 unspecified atom stereocenters. The lowest BCUT2D eigenvalue weighted by molar-refractivity contribution is 0.102. The van der Waals surface area contributed by atoms with Crippen molar-refractivity contribution in [2.24, 2.45) is 0 Å². The number of hydrogen-bond donors (Lipinski definition) is 0. The van der Waals surface area contributed by atoms with Gasteiger partial charge in [-0.1, -0.05) is 37.7 Å². The lowest BCUT2D eigenvalue weighted by Crippen LogP contribution is -2.09. The molecule has 0 saturated heterocycles. The fraction of sp³-hybridized carbons (Fsp3) is 0.550. The van der Waals surface area contributed by atoms with E-state index < -0.39 is 0 Å². The van der Waals surface area contributed by atoms with Crippen LogP contribution in [-0.4, -0.2) is 26.3 Å². The second-order valence-corrected chi connectivity index (χ2v) is 8.07. The van der Waals surface area contributed by atoms with Gasteiger partial charge in [-0.15, -0.1) is 10.2 Å². The highest BCUT2D eigenvalue weighted by atomic mass is 32.2. The van der Waals surface area contributed by atoms with Gasteiger partial charge in [0, 0.05) is 17.5 Å². The predicted molar refractivity (Wildman–Crippen MR) is 101 cm³/mol. The van der Waals surface area contributed by atoms with Crippen molar-refractivity contribution in [3.63, 3.8) is 0 Å². The fourth-order valence-corrected chi connectivity index (χ4v) is 4.20. The monoisotopic (exact) mass is 355 g/mol. The van der Waals surface area contributed by atoms with Crippen LogP contribution in [0.5, 0.6) is 0 Å². The van der Waals surface area contributed by atoms with E-state index in [0.717, 1.165) is 34.9 Å². The summed E-state index contributed by atoms with van der Waals surface area (Å²) in [6, 6.07) is 6.88. The SMILES string of the molecule is CCc1ccc(CC)c(C(=O)CSc2nnc(C3CC3)n2C2CC2)c1. The molecule has 0 radical (unpaired) electrons. The minimum absolute atomic E-state index is 0.204. The van der Waals surface area contributed by atoms with Crippen LogP contribution in [0.15, 0.2) is 23.4 Å². The van der Waals surface area contributed by atoms with Crippen molar-refractivity contribution in [2.45, 2.75) is 69.5 Å². The van der Waals surface area contributed by atoms with E-state index in [9.17, 15) is 4.79 Å². The van der Waals surface area contributed by atoms with Crippen molar-refractivity contribution < 1.29 is 4.79 Å². The summed E-state index contributed by atoms with van der Waals surface area (Å²) in [5, 5.41) is 9.77. The largest absolute Gasteiger partial charge is 0.303 e. The molecule has 0 amide bonds. The quantitative estimate of drug-likeness (QED) is 0.513. The van der Waals surface area contributed by atoms with Crippen LogP contribution in [0.4, 0.5) is 0 Å². The van der Waals surface area contributed by atoms with E-state index in [0.29, 0.717) is 17.7 Å². The van der Waals surface area contributed by atoms with Gasteiger partial charge in [0.25, 0.3) is 0 Å². The number of rotatable bonds is 8. The van der Waals surface area contributed by atoms with Gasteiger partial charge in [-0.2, -0.15) is 0 Å². The Morgan fingerprint density at radius 3 is 2.60 bits per heavy atom. The van der Waals surface area contributed by atoms with E-state index in [1.807, 2.05) is 0 Å². The number of aromatic nitrogens is 3. The van der Waals surface area contributed by atoms with Gasteiger partial charge in [0.1, 0.15) is 5.82 Å². The third-order valence-electron chi connectivity index (χ3n) is 5.14. The molecule has 0 N–H and O–H groups in total. The Kier molecular flexibility index (Phi) is 4.67. The van der Waals surface area contributed by atoms with Gasteiger partial charge < -0.3 is 4.57 Å². The Hall–Kier alpha value is -1.62. The number of hydrogen-bond acceptors (Lipinski definition) is 4. The van der Waals surface area contributed by atoms with Crippen LogP contribution in [-0.2, 0) is 12.8 Å². The summed E-state index contributed by atoms with van der Waals surface area (Å²) in [7, 11) is 0. The molecule has 1 aromatic carbocycles. The molecule has 25 heavy (non-hydrogen) atoms. The van der Waals surface area contributed by atoms with Gasteiger partial charge in [0.2, 0.25) is 0 Å². The third-order valence-corrected chi connectivity index (χ3v) is 6.08. The van der Waals surface area contributed by atoms with Gasteiger partial charge >= 0.3 is 0 Å². The maximum absolute atomic E-state index is 12.8. The molecular formula is C20H25N3OS. The Bertz CT molecular complexity index is 790. The van der Waals surface area contributed by atoms with Crippen LogP contribution in [0.2, 0.25) is 0 Å². The summed E-state index contributed by atoms with van der Waals surface area (Å²) in [6.07, 6.45) is 6.75. The highest BCUT2D eigenvalue weighted by molar-refractivity contribution is 7.99. The zero-order chi connectivity index (χ0) is 17.4. The number of aryl methyl sites for hydroxylation is 2. The molecule has 5 heteroatoms. The van der Waals surface area contributed by atoms with Crippen LogP contribution < -0.4 is 0 Å². The Morgan fingerprint density at radius 2 is 1.96 bits per heavy atom. The highest BCUT2D eigenvalue weighted by Gasteiger charge is 2.36. The van der Waals surface area contributed by atoms with E-state index in [2.05, 4.69) is 46.8 Å². The summed E-state index contributed by atoms with van der Waals surface area (Å²) in [6.45, 7) is 4.23. The summed E-state index contributed by atoms with van der Waals surface area (Å²) in [5.74, 6) is 2.40. The van der Waals surface area contributed by atoms with Crippen LogP contribution >= 0.6 is 11.8 Å². The van der Waals surface area contributed by atoms with Gasteiger partial charge in [0.15, 0.2) is 10.9 Å². The average molecular weight is 356 g/mol. The van der Waals surface area contributed by atoms with E-state index >= 15 is 0 Å². The summed E-state index contributed by atoms with van der Waals surface area (Å²) in [5.41, 5.74) is 3.25. The number of thioether (sulfide) groups is 1. The normalized spacial score (nSPS) is 17.0. The summed E-state index contributed by atoms with van der Waals surface area (Å²) in [4.78, 5) is 12.8. The van der Waals surface area contributed by atoms with Crippen molar-refractivity contribution in [2.75, 3.05) is 5.75 Å². The minimum atomic E-state index is 0.204. The fourth-order valence-electron chi connectivity index (χ4n) is 3.30. The van der Waals surface area contributed by atoms with Gasteiger partial charge in [-0.3, -0.25) is 4.79 Å². The lowest BCUT2D eigenvalue weighted by Gasteiger charge is -2.10. The first kappa shape index (κ1) is 16.8. The lowest BCUT2D eigenvalue weighted by atomic mass is 9.98. The maximum atomic E-state index is 12.8. The van der Waals surface area contributed by atoms with Crippen molar-refractivity contribution >= 4 is 17.5 Å². The van der Waals surface area contributed by atoms with Crippen LogP contribution in [0.3, 0.4) is 0 Å². The first-order chi connectivity index (χ1) is 12.2.